The summed E-state index contributed by atoms with van der Waals surface area (Å²) in [6.07, 6.45) is 1.15. The number of benzene rings is 2. The fourth-order valence-electron chi connectivity index (χ4n) is 2.82. The predicted octanol–water partition coefficient (Wildman–Crippen LogP) is 3.50. The third-order valence-corrected chi connectivity index (χ3v) is 4.32. The van der Waals surface area contributed by atoms with Gasteiger partial charge in [0.15, 0.2) is 17.1 Å². The number of carbonyl (C=O) groups excluding carboxylic acids is 3. The van der Waals surface area contributed by atoms with Gasteiger partial charge in [0, 0.05) is 17.3 Å². The Labute approximate surface area is 160 Å². The third-order valence-electron chi connectivity index (χ3n) is 4.01. The number of fused-ring (bicyclic) bond motifs is 2. The van der Waals surface area contributed by atoms with Crippen LogP contribution in [0.1, 0.15) is 38.8 Å². The molecule has 134 valence electrons. The number of hydrogen-bond donors (Lipinski definition) is 1. The molecule has 6 nitrogen and oxygen atoms in total. The second-order valence-electron chi connectivity index (χ2n) is 5.58. The normalized spacial score (nSPS) is 12.7. The topological polar surface area (TPSA) is 96.3 Å². The molecule has 3 rings (SSSR count). The molecule has 0 saturated carbocycles. The lowest BCUT2D eigenvalue weighted by molar-refractivity contribution is -0.138. The summed E-state index contributed by atoms with van der Waals surface area (Å²) < 4.78 is 4.79. The molecule has 0 fully saturated rings. The lowest BCUT2D eigenvalue weighted by atomic mass is 9.83. The van der Waals surface area contributed by atoms with Crippen LogP contribution in [-0.2, 0) is 9.53 Å². The average molecular weight is 381 g/mol. The Morgan fingerprint density at radius 3 is 2.44 bits per heavy atom. The van der Waals surface area contributed by atoms with Gasteiger partial charge < -0.3 is 10.1 Å². The van der Waals surface area contributed by atoms with E-state index in [9.17, 15) is 14.4 Å². The van der Waals surface area contributed by atoms with Crippen molar-refractivity contribution in [1.82, 2.24) is 0 Å². The van der Waals surface area contributed by atoms with Crippen LogP contribution in [0.5, 0.6) is 0 Å². The van der Waals surface area contributed by atoms with Crippen molar-refractivity contribution >= 4 is 34.8 Å². The van der Waals surface area contributed by atoms with Gasteiger partial charge >= 0.3 is 5.97 Å². The molecule has 0 radical (unpaired) electrons. The number of ketones is 2. The van der Waals surface area contributed by atoms with Crippen molar-refractivity contribution in [2.45, 2.75) is 6.92 Å². The number of nitrogens with one attached hydrogen (secondary N) is 1. The van der Waals surface area contributed by atoms with E-state index in [0.717, 1.165) is 6.20 Å². The fourth-order valence-corrected chi connectivity index (χ4v) is 3.08. The highest BCUT2D eigenvalue weighted by atomic mass is 35.5. The van der Waals surface area contributed by atoms with Gasteiger partial charge in [0.25, 0.3) is 0 Å². The summed E-state index contributed by atoms with van der Waals surface area (Å²) in [6.45, 7) is 1.75. The van der Waals surface area contributed by atoms with Crippen LogP contribution < -0.4 is 5.32 Å². The SMILES string of the molecule is CCOC(=O)/C(C#N)=C/Nc1cccc2c1C(=O)c1cccc(Cl)c1C2=O. The molecule has 0 aliphatic heterocycles. The highest BCUT2D eigenvalue weighted by Gasteiger charge is 2.33. The van der Waals surface area contributed by atoms with Gasteiger partial charge in [-0.2, -0.15) is 5.26 Å². The van der Waals surface area contributed by atoms with E-state index in [-0.39, 0.29) is 51.0 Å². The largest absolute Gasteiger partial charge is 0.462 e. The first-order valence-electron chi connectivity index (χ1n) is 8.04. The zero-order valence-electron chi connectivity index (χ0n) is 14.2. The summed E-state index contributed by atoms with van der Waals surface area (Å²) in [7, 11) is 0. The van der Waals surface area contributed by atoms with E-state index in [1.165, 1.54) is 12.1 Å². The number of nitriles is 1. The van der Waals surface area contributed by atoms with Crippen molar-refractivity contribution in [3.05, 3.63) is 75.4 Å². The minimum atomic E-state index is -0.781. The number of halogens is 1. The van der Waals surface area contributed by atoms with E-state index in [1.807, 2.05) is 0 Å². The molecule has 0 bridgehead atoms. The number of carbonyl (C=O) groups is 3. The molecule has 0 atom stereocenters. The van der Waals surface area contributed by atoms with Gasteiger partial charge in [0.1, 0.15) is 6.07 Å². The van der Waals surface area contributed by atoms with Crippen LogP contribution in [0.2, 0.25) is 5.02 Å². The lowest BCUT2D eigenvalue weighted by Gasteiger charge is -2.20. The van der Waals surface area contributed by atoms with Crippen molar-refractivity contribution < 1.29 is 19.1 Å². The molecular weight excluding hydrogens is 368 g/mol. The third kappa shape index (κ3) is 3.21. The molecule has 0 amide bonds. The minimum absolute atomic E-state index is 0.128. The lowest BCUT2D eigenvalue weighted by Crippen LogP contribution is -2.22. The average Bonchev–Trinajstić information content (AvgIpc) is 2.66. The smallest absolute Gasteiger partial charge is 0.350 e. The molecule has 0 spiro atoms. The van der Waals surface area contributed by atoms with Crippen LogP contribution >= 0.6 is 11.6 Å². The maximum absolute atomic E-state index is 12.9. The molecule has 1 N–H and O–H groups in total. The van der Waals surface area contributed by atoms with Gasteiger partial charge in [-0.3, -0.25) is 9.59 Å². The number of rotatable bonds is 4. The highest BCUT2D eigenvalue weighted by Crippen LogP contribution is 2.35. The number of anilines is 1. The van der Waals surface area contributed by atoms with Crippen molar-refractivity contribution in [2.24, 2.45) is 0 Å². The Hall–Kier alpha value is -3.43. The second kappa shape index (κ2) is 7.44. The monoisotopic (exact) mass is 380 g/mol. The molecular formula is C20H13ClN2O4. The van der Waals surface area contributed by atoms with E-state index in [2.05, 4.69) is 5.32 Å². The summed E-state index contributed by atoms with van der Waals surface area (Å²) >= 11 is 6.11. The van der Waals surface area contributed by atoms with E-state index in [4.69, 9.17) is 21.6 Å². The molecule has 0 aromatic heterocycles. The second-order valence-corrected chi connectivity index (χ2v) is 5.99. The van der Waals surface area contributed by atoms with Gasteiger partial charge in [-0.1, -0.05) is 35.9 Å². The Balaban J connectivity index is 2.05. The quantitative estimate of drug-likeness (QED) is 0.422. The minimum Gasteiger partial charge on any atom is -0.462 e. The molecule has 0 unspecified atom stereocenters. The molecule has 0 saturated heterocycles. The number of hydrogen-bond acceptors (Lipinski definition) is 6. The van der Waals surface area contributed by atoms with Crippen molar-refractivity contribution in [3.63, 3.8) is 0 Å². The molecule has 7 heteroatoms. The number of ether oxygens (including phenoxy) is 1. The van der Waals surface area contributed by atoms with Gasteiger partial charge in [-0.05, 0) is 19.1 Å². The predicted molar refractivity (Wildman–Crippen MR) is 98.7 cm³/mol. The summed E-state index contributed by atoms with van der Waals surface area (Å²) in [4.78, 5) is 37.5. The summed E-state index contributed by atoms with van der Waals surface area (Å²) in [6, 6.07) is 11.1. The summed E-state index contributed by atoms with van der Waals surface area (Å²) in [5.74, 6) is -1.51. The van der Waals surface area contributed by atoms with E-state index in [1.54, 1.807) is 37.3 Å². The zero-order valence-corrected chi connectivity index (χ0v) is 15.0. The van der Waals surface area contributed by atoms with Crippen LogP contribution in [0.3, 0.4) is 0 Å². The first-order chi connectivity index (χ1) is 13.0. The van der Waals surface area contributed by atoms with Crippen LogP contribution in [0.25, 0.3) is 0 Å². The Morgan fingerprint density at radius 1 is 1.15 bits per heavy atom. The Morgan fingerprint density at radius 2 is 1.78 bits per heavy atom. The summed E-state index contributed by atoms with van der Waals surface area (Å²) in [5.41, 5.74) is 0.794. The van der Waals surface area contributed by atoms with Gasteiger partial charge in [-0.15, -0.1) is 0 Å². The van der Waals surface area contributed by atoms with Crippen molar-refractivity contribution in [3.8, 4) is 6.07 Å². The molecule has 27 heavy (non-hydrogen) atoms. The molecule has 1 aliphatic carbocycles. The maximum Gasteiger partial charge on any atom is 0.350 e. The van der Waals surface area contributed by atoms with Crippen LogP contribution in [0, 0.1) is 11.3 Å². The molecule has 0 heterocycles. The van der Waals surface area contributed by atoms with Crippen LogP contribution in [-0.4, -0.2) is 24.1 Å². The van der Waals surface area contributed by atoms with Crippen molar-refractivity contribution in [2.75, 3.05) is 11.9 Å². The zero-order chi connectivity index (χ0) is 19.6. The first kappa shape index (κ1) is 18.4. The maximum atomic E-state index is 12.9. The first-order valence-corrected chi connectivity index (χ1v) is 8.42. The highest BCUT2D eigenvalue weighted by molar-refractivity contribution is 6.39. The van der Waals surface area contributed by atoms with Gasteiger partial charge in [0.2, 0.25) is 0 Å². The standard InChI is InChI=1S/C20H13ClN2O4/c1-2-27-20(26)11(9-22)10-23-15-8-4-6-13-17(15)19(25)12-5-3-7-14(21)16(12)18(13)24/h3-8,10,23H,2H2,1H3/b11-10+. The van der Waals surface area contributed by atoms with Gasteiger partial charge in [-0.25, -0.2) is 4.79 Å². The van der Waals surface area contributed by atoms with E-state index in [0.29, 0.717) is 5.69 Å². The Kier molecular flexibility index (Phi) is 5.06. The van der Waals surface area contributed by atoms with Gasteiger partial charge in [0.05, 0.1) is 28.4 Å². The number of esters is 1. The fraction of sp³-hybridized carbons (Fsp3) is 0.100. The molecule has 2 aromatic rings. The van der Waals surface area contributed by atoms with E-state index >= 15 is 0 Å². The van der Waals surface area contributed by atoms with Crippen molar-refractivity contribution in [1.29, 1.82) is 5.26 Å². The Bertz CT molecular complexity index is 1050. The van der Waals surface area contributed by atoms with E-state index < -0.39 is 5.97 Å². The molecule has 2 aromatic carbocycles. The summed E-state index contributed by atoms with van der Waals surface area (Å²) in [5, 5.41) is 12.1. The molecule has 1 aliphatic rings. The van der Waals surface area contributed by atoms with Crippen LogP contribution in [0.4, 0.5) is 5.69 Å². The van der Waals surface area contributed by atoms with Crippen LogP contribution in [0.15, 0.2) is 48.2 Å². The number of nitrogens with zero attached hydrogens (tertiary/aromatic N) is 1.